The number of fused-ring (bicyclic) bond motifs is 1. The van der Waals surface area contributed by atoms with Crippen LogP contribution >= 0.6 is 11.8 Å². The monoisotopic (exact) mass is 390 g/mol. The first kappa shape index (κ1) is 17.6. The standard InChI is InChI=1S/C16H18N6O4S/c23-14(5-8-27-16-19-20-21-22(16)11-2-3-11)18-15(24)17-10-1-4-12-13(9-10)26-7-6-25-12/h1,4,9,11H,2-3,5-8H2,(H2,17,18,23,24). The molecule has 2 aliphatic rings. The van der Waals surface area contributed by atoms with Gasteiger partial charge in [-0.05, 0) is 35.4 Å². The molecule has 1 saturated carbocycles. The van der Waals surface area contributed by atoms with E-state index in [2.05, 4.69) is 26.2 Å². The average molecular weight is 390 g/mol. The lowest BCUT2D eigenvalue weighted by Gasteiger charge is -2.19. The van der Waals surface area contributed by atoms with Gasteiger partial charge in [-0.25, -0.2) is 9.48 Å². The number of anilines is 1. The quantitative estimate of drug-likeness (QED) is 0.714. The SMILES string of the molecule is O=C(CCSc1nnnn1C1CC1)NC(=O)Nc1ccc2c(c1)OCCO2. The van der Waals surface area contributed by atoms with E-state index in [9.17, 15) is 9.59 Å². The maximum Gasteiger partial charge on any atom is 0.325 e. The van der Waals surface area contributed by atoms with E-state index in [0.717, 1.165) is 12.8 Å². The van der Waals surface area contributed by atoms with Crippen LogP contribution in [0.25, 0.3) is 0 Å². The van der Waals surface area contributed by atoms with Crippen LogP contribution < -0.4 is 20.1 Å². The number of tetrazole rings is 1. The van der Waals surface area contributed by atoms with Gasteiger partial charge in [0.15, 0.2) is 11.5 Å². The van der Waals surface area contributed by atoms with Gasteiger partial charge in [0.1, 0.15) is 13.2 Å². The van der Waals surface area contributed by atoms with Crippen LogP contribution in [0.15, 0.2) is 23.4 Å². The zero-order valence-corrected chi connectivity index (χ0v) is 15.2. The van der Waals surface area contributed by atoms with Crippen molar-refractivity contribution in [2.45, 2.75) is 30.5 Å². The molecule has 0 atom stereocenters. The maximum atomic E-state index is 12.0. The van der Waals surface area contributed by atoms with Crippen LogP contribution in [0.3, 0.4) is 0 Å². The fourth-order valence-corrected chi connectivity index (χ4v) is 3.42. The highest BCUT2D eigenvalue weighted by atomic mass is 32.2. The van der Waals surface area contributed by atoms with Crippen molar-refractivity contribution in [2.24, 2.45) is 0 Å². The van der Waals surface area contributed by atoms with Gasteiger partial charge in [-0.1, -0.05) is 11.8 Å². The van der Waals surface area contributed by atoms with Gasteiger partial charge < -0.3 is 14.8 Å². The van der Waals surface area contributed by atoms with Gasteiger partial charge in [-0.2, -0.15) is 0 Å². The Hall–Kier alpha value is -2.82. The van der Waals surface area contributed by atoms with Crippen molar-refractivity contribution in [2.75, 3.05) is 24.3 Å². The molecule has 0 spiro atoms. The van der Waals surface area contributed by atoms with Gasteiger partial charge in [-0.15, -0.1) is 5.10 Å². The average Bonchev–Trinajstić information content (AvgIpc) is 3.40. The minimum absolute atomic E-state index is 0.177. The van der Waals surface area contributed by atoms with E-state index in [-0.39, 0.29) is 12.3 Å². The lowest BCUT2D eigenvalue weighted by molar-refractivity contribution is -0.119. The second-order valence-corrected chi connectivity index (χ2v) is 7.16. The molecule has 1 aromatic heterocycles. The van der Waals surface area contributed by atoms with Crippen molar-refractivity contribution < 1.29 is 19.1 Å². The zero-order valence-electron chi connectivity index (χ0n) is 14.4. The molecule has 1 aliphatic carbocycles. The van der Waals surface area contributed by atoms with E-state index in [1.165, 1.54) is 11.8 Å². The van der Waals surface area contributed by atoms with Crippen LogP contribution in [-0.4, -0.2) is 51.1 Å². The van der Waals surface area contributed by atoms with Crippen molar-refractivity contribution in [3.05, 3.63) is 18.2 Å². The molecule has 27 heavy (non-hydrogen) atoms. The van der Waals surface area contributed by atoms with Crippen LogP contribution in [0, 0.1) is 0 Å². The van der Waals surface area contributed by atoms with Gasteiger partial charge in [-0.3, -0.25) is 10.1 Å². The summed E-state index contributed by atoms with van der Waals surface area (Å²) in [5.41, 5.74) is 0.516. The number of carbonyl (C=O) groups is 2. The number of ether oxygens (including phenoxy) is 2. The largest absolute Gasteiger partial charge is 0.486 e. The Labute approximate surface area is 159 Å². The Bertz CT molecular complexity index is 853. The molecule has 0 bridgehead atoms. The van der Waals surface area contributed by atoms with E-state index in [1.807, 2.05) is 0 Å². The summed E-state index contributed by atoms with van der Waals surface area (Å²) in [7, 11) is 0. The van der Waals surface area contributed by atoms with E-state index in [1.54, 1.807) is 22.9 Å². The molecule has 2 N–H and O–H groups in total. The number of imide groups is 1. The molecule has 3 amide bonds. The first-order valence-corrected chi connectivity index (χ1v) is 9.59. The molecular formula is C16H18N6O4S. The fourth-order valence-electron chi connectivity index (χ4n) is 2.54. The van der Waals surface area contributed by atoms with Crippen molar-refractivity contribution in [1.82, 2.24) is 25.5 Å². The fraction of sp³-hybridized carbons (Fsp3) is 0.438. The molecule has 142 valence electrons. The highest BCUT2D eigenvalue weighted by Crippen LogP contribution is 2.36. The minimum atomic E-state index is -0.593. The third-order valence-electron chi connectivity index (χ3n) is 3.97. The Balaban J connectivity index is 1.22. The number of carbonyl (C=O) groups excluding carboxylic acids is 2. The normalized spacial score (nSPS) is 15.3. The Kier molecular flexibility index (Phi) is 5.10. The molecule has 0 saturated heterocycles. The summed E-state index contributed by atoms with van der Waals surface area (Å²) in [6.45, 7) is 0.961. The zero-order chi connectivity index (χ0) is 18.6. The number of nitrogens with zero attached hydrogens (tertiary/aromatic N) is 4. The topological polar surface area (TPSA) is 120 Å². The number of hydrogen-bond acceptors (Lipinski definition) is 8. The molecule has 11 heteroatoms. The Morgan fingerprint density at radius 2 is 2.04 bits per heavy atom. The van der Waals surface area contributed by atoms with Crippen molar-refractivity contribution >= 4 is 29.4 Å². The lowest BCUT2D eigenvalue weighted by Crippen LogP contribution is -2.34. The van der Waals surface area contributed by atoms with Crippen LogP contribution in [0.5, 0.6) is 11.5 Å². The van der Waals surface area contributed by atoms with Crippen LogP contribution in [0.2, 0.25) is 0 Å². The van der Waals surface area contributed by atoms with E-state index >= 15 is 0 Å². The third-order valence-corrected chi connectivity index (χ3v) is 4.90. The summed E-state index contributed by atoms with van der Waals surface area (Å²) < 4.78 is 12.7. The first-order chi connectivity index (χ1) is 13.2. The summed E-state index contributed by atoms with van der Waals surface area (Å²) in [5, 5.41) is 17.2. The predicted octanol–water partition coefficient (Wildman–Crippen LogP) is 1.61. The lowest BCUT2D eigenvalue weighted by atomic mass is 10.2. The van der Waals surface area contributed by atoms with Crippen LogP contribution in [0.4, 0.5) is 10.5 Å². The molecule has 2 aromatic rings. The molecule has 2 heterocycles. The van der Waals surface area contributed by atoms with Gasteiger partial charge in [0.25, 0.3) is 0 Å². The number of aromatic nitrogens is 4. The summed E-state index contributed by atoms with van der Waals surface area (Å²) in [4.78, 5) is 23.9. The van der Waals surface area contributed by atoms with Crippen molar-refractivity contribution in [1.29, 1.82) is 0 Å². The molecule has 10 nitrogen and oxygen atoms in total. The first-order valence-electron chi connectivity index (χ1n) is 8.60. The molecular weight excluding hydrogens is 372 g/mol. The summed E-state index contributed by atoms with van der Waals surface area (Å²) >= 11 is 1.40. The summed E-state index contributed by atoms with van der Waals surface area (Å²) in [6, 6.07) is 4.85. The molecule has 0 unspecified atom stereocenters. The van der Waals surface area contributed by atoms with Crippen LogP contribution in [0.1, 0.15) is 25.3 Å². The molecule has 4 rings (SSSR count). The highest BCUT2D eigenvalue weighted by Gasteiger charge is 2.27. The highest BCUT2D eigenvalue weighted by molar-refractivity contribution is 7.99. The van der Waals surface area contributed by atoms with E-state index in [4.69, 9.17) is 9.47 Å². The second-order valence-electron chi connectivity index (χ2n) is 6.10. The number of hydrogen-bond donors (Lipinski definition) is 2. The summed E-state index contributed by atoms with van der Waals surface area (Å²) in [5.74, 6) is 1.31. The number of urea groups is 1. The predicted molar refractivity (Wildman–Crippen MR) is 96.0 cm³/mol. The minimum Gasteiger partial charge on any atom is -0.486 e. The molecule has 0 radical (unpaired) electrons. The van der Waals surface area contributed by atoms with E-state index in [0.29, 0.717) is 47.4 Å². The van der Waals surface area contributed by atoms with Gasteiger partial charge in [0.2, 0.25) is 11.1 Å². The number of amides is 3. The molecule has 1 aliphatic heterocycles. The number of nitrogens with one attached hydrogen (secondary N) is 2. The van der Waals surface area contributed by atoms with Crippen molar-refractivity contribution in [3.8, 4) is 11.5 Å². The van der Waals surface area contributed by atoms with Gasteiger partial charge >= 0.3 is 6.03 Å². The second kappa shape index (κ2) is 7.82. The smallest absolute Gasteiger partial charge is 0.325 e. The third kappa shape index (κ3) is 4.48. The number of benzene rings is 1. The van der Waals surface area contributed by atoms with Gasteiger partial charge in [0.05, 0.1) is 6.04 Å². The van der Waals surface area contributed by atoms with Gasteiger partial charge in [0, 0.05) is 23.9 Å². The Morgan fingerprint density at radius 3 is 2.85 bits per heavy atom. The Morgan fingerprint density at radius 1 is 1.22 bits per heavy atom. The molecule has 1 aromatic carbocycles. The molecule has 1 fully saturated rings. The van der Waals surface area contributed by atoms with E-state index < -0.39 is 6.03 Å². The van der Waals surface area contributed by atoms with Crippen molar-refractivity contribution in [3.63, 3.8) is 0 Å². The number of rotatable bonds is 6. The van der Waals surface area contributed by atoms with Crippen LogP contribution in [-0.2, 0) is 4.79 Å². The maximum absolute atomic E-state index is 12.0. The summed E-state index contributed by atoms with van der Waals surface area (Å²) in [6.07, 6.45) is 2.34. The number of thioether (sulfide) groups is 1.